The van der Waals surface area contributed by atoms with Gasteiger partial charge in [-0.25, -0.2) is 9.38 Å². The van der Waals surface area contributed by atoms with Gasteiger partial charge in [0.05, 0.1) is 11.6 Å². The van der Waals surface area contributed by atoms with Crippen LogP contribution in [0.4, 0.5) is 4.39 Å². The van der Waals surface area contributed by atoms with Crippen molar-refractivity contribution in [1.29, 1.82) is 0 Å². The van der Waals surface area contributed by atoms with Gasteiger partial charge in [0.25, 0.3) is 0 Å². The Morgan fingerprint density at radius 3 is 2.72 bits per heavy atom. The molecule has 6 heteroatoms. The summed E-state index contributed by atoms with van der Waals surface area (Å²) in [6, 6.07) is 4.52. The third-order valence-electron chi connectivity index (χ3n) is 2.11. The highest BCUT2D eigenvalue weighted by atomic mass is 127. The molecule has 18 heavy (non-hydrogen) atoms. The Morgan fingerprint density at radius 2 is 2.17 bits per heavy atom. The Hall–Kier alpha value is -0.560. The van der Waals surface area contributed by atoms with Gasteiger partial charge in [-0.05, 0) is 23.6 Å². The Balaban J connectivity index is 0.00000289. The minimum Gasteiger partial charge on any atom is -0.370 e. The van der Waals surface area contributed by atoms with Crippen molar-refractivity contribution in [1.82, 2.24) is 5.32 Å². The fourth-order valence-electron chi connectivity index (χ4n) is 1.18. The number of nitrogens with two attached hydrogens (primary N) is 1. The summed E-state index contributed by atoms with van der Waals surface area (Å²) < 4.78 is 12.9. The van der Waals surface area contributed by atoms with E-state index < -0.39 is 5.82 Å². The van der Waals surface area contributed by atoms with Crippen molar-refractivity contribution in [2.45, 2.75) is 20.4 Å². The molecule has 0 amide bonds. The summed E-state index contributed by atoms with van der Waals surface area (Å²) in [6.45, 7) is 5.33. The molecule has 0 aliphatic rings. The highest BCUT2D eigenvalue weighted by molar-refractivity contribution is 14.0. The van der Waals surface area contributed by atoms with Crippen LogP contribution < -0.4 is 11.1 Å². The van der Waals surface area contributed by atoms with Crippen molar-refractivity contribution in [3.8, 4) is 0 Å². The molecule has 0 spiro atoms. The van der Waals surface area contributed by atoms with Crippen LogP contribution >= 0.6 is 35.6 Å². The first-order valence-corrected chi connectivity index (χ1v) is 5.84. The molecule has 0 heterocycles. The molecule has 0 atom stereocenters. The fourth-order valence-corrected chi connectivity index (χ4v) is 1.38. The van der Waals surface area contributed by atoms with Gasteiger partial charge in [0.15, 0.2) is 5.96 Å². The number of nitrogens with one attached hydrogen (secondary N) is 1. The van der Waals surface area contributed by atoms with Crippen molar-refractivity contribution < 1.29 is 4.39 Å². The average molecular weight is 386 g/mol. The van der Waals surface area contributed by atoms with Gasteiger partial charge in [-0.1, -0.05) is 31.5 Å². The van der Waals surface area contributed by atoms with E-state index in [1.54, 1.807) is 12.1 Å². The van der Waals surface area contributed by atoms with Crippen LogP contribution in [0.15, 0.2) is 23.2 Å². The molecule has 0 fully saturated rings. The Labute approximate surface area is 129 Å². The summed E-state index contributed by atoms with van der Waals surface area (Å²) in [4.78, 5) is 4.14. The first kappa shape index (κ1) is 17.4. The summed E-state index contributed by atoms with van der Waals surface area (Å²) in [5, 5.41) is 3.10. The van der Waals surface area contributed by atoms with Gasteiger partial charge >= 0.3 is 0 Å². The van der Waals surface area contributed by atoms with E-state index in [0.29, 0.717) is 18.4 Å². The smallest absolute Gasteiger partial charge is 0.188 e. The number of benzene rings is 1. The van der Waals surface area contributed by atoms with Gasteiger partial charge in [-0.2, -0.15) is 0 Å². The molecule has 0 saturated heterocycles. The van der Waals surface area contributed by atoms with Gasteiger partial charge in [-0.15, -0.1) is 24.0 Å². The minimum absolute atomic E-state index is 0. The topological polar surface area (TPSA) is 50.4 Å². The van der Waals surface area contributed by atoms with E-state index in [1.165, 1.54) is 6.07 Å². The maximum absolute atomic E-state index is 12.9. The molecule has 0 bridgehead atoms. The SMILES string of the molecule is CC(C)CNC(N)=NCc1ccc(F)c(Cl)c1.I. The predicted octanol–water partition coefficient (Wildman–Crippen LogP) is 3.16. The molecule has 0 radical (unpaired) electrons. The van der Waals surface area contributed by atoms with Crippen LogP contribution in [0.25, 0.3) is 0 Å². The molecule has 0 aliphatic heterocycles. The van der Waals surface area contributed by atoms with E-state index >= 15 is 0 Å². The maximum Gasteiger partial charge on any atom is 0.188 e. The maximum atomic E-state index is 12.9. The number of nitrogens with zero attached hydrogens (tertiary/aromatic N) is 1. The number of hydrogen-bond acceptors (Lipinski definition) is 1. The molecule has 0 aliphatic carbocycles. The summed E-state index contributed by atoms with van der Waals surface area (Å²) in [6.07, 6.45) is 0. The highest BCUT2D eigenvalue weighted by Crippen LogP contribution is 2.16. The summed E-state index contributed by atoms with van der Waals surface area (Å²) in [5.41, 5.74) is 6.49. The molecule has 0 unspecified atom stereocenters. The van der Waals surface area contributed by atoms with Crippen LogP contribution in [-0.4, -0.2) is 12.5 Å². The quantitative estimate of drug-likeness (QED) is 0.475. The van der Waals surface area contributed by atoms with Crippen molar-refractivity contribution in [2.75, 3.05) is 6.54 Å². The van der Waals surface area contributed by atoms with Crippen LogP contribution in [-0.2, 0) is 6.54 Å². The second kappa shape index (κ2) is 8.53. The summed E-state index contributed by atoms with van der Waals surface area (Å²) in [7, 11) is 0. The van der Waals surface area contributed by atoms with Crippen LogP contribution in [0, 0.1) is 11.7 Å². The zero-order valence-electron chi connectivity index (χ0n) is 10.4. The first-order valence-electron chi connectivity index (χ1n) is 5.46. The lowest BCUT2D eigenvalue weighted by Crippen LogP contribution is -2.34. The Bertz CT molecular complexity index is 410. The Kier molecular flexibility index (Phi) is 8.26. The molecule has 102 valence electrons. The van der Waals surface area contributed by atoms with Crippen LogP contribution in [0.3, 0.4) is 0 Å². The highest BCUT2D eigenvalue weighted by Gasteiger charge is 2.00. The van der Waals surface area contributed by atoms with Gasteiger partial charge in [0.2, 0.25) is 0 Å². The van der Waals surface area contributed by atoms with E-state index in [-0.39, 0.29) is 29.0 Å². The van der Waals surface area contributed by atoms with E-state index in [4.69, 9.17) is 17.3 Å². The van der Waals surface area contributed by atoms with Gasteiger partial charge < -0.3 is 11.1 Å². The van der Waals surface area contributed by atoms with Gasteiger partial charge in [-0.3, -0.25) is 0 Å². The lowest BCUT2D eigenvalue weighted by Gasteiger charge is -2.07. The average Bonchev–Trinajstić information content (AvgIpc) is 2.28. The molecular weight excluding hydrogens is 368 g/mol. The zero-order valence-corrected chi connectivity index (χ0v) is 13.5. The van der Waals surface area contributed by atoms with E-state index in [9.17, 15) is 4.39 Å². The number of guanidine groups is 1. The minimum atomic E-state index is -0.426. The Morgan fingerprint density at radius 1 is 1.50 bits per heavy atom. The molecule has 0 aromatic heterocycles. The summed E-state index contributed by atoms with van der Waals surface area (Å²) >= 11 is 5.66. The molecule has 1 rings (SSSR count). The second-order valence-electron chi connectivity index (χ2n) is 4.22. The number of rotatable bonds is 4. The molecular formula is C12H18ClFIN3. The van der Waals surface area contributed by atoms with Crippen LogP contribution in [0.5, 0.6) is 0 Å². The standard InChI is InChI=1S/C12H17ClFN3.HI/c1-8(2)6-16-12(15)17-7-9-3-4-11(14)10(13)5-9;/h3-5,8H,6-7H2,1-2H3,(H3,15,16,17);1H. The monoisotopic (exact) mass is 385 g/mol. The molecule has 3 N–H and O–H groups in total. The van der Waals surface area contributed by atoms with Gasteiger partial charge in [0, 0.05) is 6.54 Å². The van der Waals surface area contributed by atoms with Crippen molar-refractivity contribution in [2.24, 2.45) is 16.6 Å². The summed E-state index contributed by atoms with van der Waals surface area (Å²) in [5.74, 6) is 0.466. The lowest BCUT2D eigenvalue weighted by molar-refractivity contribution is 0.621. The van der Waals surface area contributed by atoms with Gasteiger partial charge in [0.1, 0.15) is 5.82 Å². The van der Waals surface area contributed by atoms with Crippen molar-refractivity contribution in [3.63, 3.8) is 0 Å². The molecule has 0 saturated carbocycles. The zero-order chi connectivity index (χ0) is 12.8. The van der Waals surface area contributed by atoms with Crippen LogP contribution in [0.1, 0.15) is 19.4 Å². The van der Waals surface area contributed by atoms with E-state index in [0.717, 1.165) is 12.1 Å². The fraction of sp³-hybridized carbons (Fsp3) is 0.417. The molecule has 3 nitrogen and oxygen atoms in total. The molecule has 1 aromatic rings. The third-order valence-corrected chi connectivity index (χ3v) is 2.40. The third kappa shape index (κ3) is 6.39. The van der Waals surface area contributed by atoms with Crippen molar-refractivity contribution in [3.05, 3.63) is 34.6 Å². The van der Waals surface area contributed by atoms with E-state index in [1.807, 2.05) is 0 Å². The largest absolute Gasteiger partial charge is 0.370 e. The first-order chi connectivity index (χ1) is 7.99. The van der Waals surface area contributed by atoms with Crippen LogP contribution in [0.2, 0.25) is 5.02 Å². The predicted molar refractivity (Wildman–Crippen MR) is 85.0 cm³/mol. The molecule has 1 aromatic carbocycles. The number of hydrogen-bond donors (Lipinski definition) is 2. The number of aliphatic imine (C=N–C) groups is 1. The lowest BCUT2D eigenvalue weighted by atomic mass is 10.2. The number of halogens is 3. The normalized spacial score (nSPS) is 11.3. The van der Waals surface area contributed by atoms with E-state index in [2.05, 4.69) is 24.2 Å². The van der Waals surface area contributed by atoms with Crippen molar-refractivity contribution >= 4 is 41.5 Å². The second-order valence-corrected chi connectivity index (χ2v) is 4.63.